The van der Waals surface area contributed by atoms with Gasteiger partial charge in [-0.05, 0) is 17.5 Å². The van der Waals surface area contributed by atoms with Crippen LogP contribution in [0.25, 0.3) is 21.0 Å². The zero-order valence-electron chi connectivity index (χ0n) is 17.4. The molecule has 1 aliphatic rings. The number of benzene rings is 2. The number of nitrogens with one attached hydrogen (secondary N) is 1. The highest BCUT2D eigenvalue weighted by Crippen LogP contribution is 2.38. The zero-order chi connectivity index (χ0) is 21.5. The summed E-state index contributed by atoms with van der Waals surface area (Å²) in [6.07, 6.45) is 1.55. The first-order valence-electron chi connectivity index (χ1n) is 10.3. The molecule has 2 aromatic carbocycles. The Morgan fingerprint density at radius 3 is 2.65 bits per heavy atom. The molecule has 0 bridgehead atoms. The maximum absolute atomic E-state index is 13.5. The molecule has 31 heavy (non-hydrogen) atoms. The average Bonchev–Trinajstić information content (AvgIpc) is 3.36. The molecule has 2 amide bonds. The van der Waals surface area contributed by atoms with Gasteiger partial charge in [0.15, 0.2) is 0 Å². The fourth-order valence-corrected chi connectivity index (χ4v) is 5.56. The summed E-state index contributed by atoms with van der Waals surface area (Å²) >= 11 is 1.46. The Kier molecular flexibility index (Phi) is 5.00. The van der Waals surface area contributed by atoms with Crippen LogP contribution < -0.4 is 5.32 Å². The van der Waals surface area contributed by atoms with Crippen LogP contribution in [-0.2, 0) is 11.8 Å². The molecular weight excluding hydrogens is 410 g/mol. The first-order chi connectivity index (χ1) is 15.1. The number of para-hydroxylation sites is 1. The predicted octanol–water partition coefficient (Wildman–Crippen LogP) is 3.97. The van der Waals surface area contributed by atoms with Crippen molar-refractivity contribution >= 4 is 44.1 Å². The number of aryl methyl sites for hydroxylation is 1. The number of morpholine rings is 1. The first kappa shape index (κ1) is 19.8. The standard InChI is InChI=1S/C24H23N3O3S/c1-25-23(28)22-21(16-8-4-6-10-20(16)31-22)19-14-27(11-12-30-19)24(29)17-13-26(2)18-9-5-3-7-15(17)18/h3-10,13,19H,11-12,14H2,1-2H3,(H,25,28)/t19-/m0/s1. The molecule has 0 saturated carbocycles. The molecule has 2 aromatic heterocycles. The van der Waals surface area contributed by atoms with Gasteiger partial charge in [-0.15, -0.1) is 11.3 Å². The van der Waals surface area contributed by atoms with E-state index in [-0.39, 0.29) is 17.9 Å². The Hall–Kier alpha value is -3.16. The summed E-state index contributed by atoms with van der Waals surface area (Å²) in [4.78, 5) is 28.5. The smallest absolute Gasteiger partial charge is 0.261 e. The van der Waals surface area contributed by atoms with Crippen molar-refractivity contribution in [1.82, 2.24) is 14.8 Å². The van der Waals surface area contributed by atoms with E-state index in [0.29, 0.717) is 30.1 Å². The molecule has 0 radical (unpaired) electrons. The van der Waals surface area contributed by atoms with Gasteiger partial charge < -0.3 is 19.5 Å². The highest BCUT2D eigenvalue weighted by molar-refractivity contribution is 7.21. The van der Waals surface area contributed by atoms with E-state index in [9.17, 15) is 9.59 Å². The maximum atomic E-state index is 13.5. The maximum Gasteiger partial charge on any atom is 0.261 e. The van der Waals surface area contributed by atoms with Gasteiger partial charge in [0.2, 0.25) is 0 Å². The van der Waals surface area contributed by atoms with Gasteiger partial charge in [-0.3, -0.25) is 9.59 Å². The molecule has 0 unspecified atom stereocenters. The predicted molar refractivity (Wildman–Crippen MR) is 123 cm³/mol. The van der Waals surface area contributed by atoms with Crippen molar-refractivity contribution in [2.75, 3.05) is 26.7 Å². The van der Waals surface area contributed by atoms with E-state index in [1.54, 1.807) is 7.05 Å². The van der Waals surface area contributed by atoms with Crippen LogP contribution in [0.3, 0.4) is 0 Å². The normalized spacial score (nSPS) is 16.7. The molecule has 5 rings (SSSR count). The molecule has 0 aliphatic carbocycles. The third kappa shape index (κ3) is 3.30. The molecule has 1 saturated heterocycles. The highest BCUT2D eigenvalue weighted by Gasteiger charge is 2.32. The highest BCUT2D eigenvalue weighted by atomic mass is 32.1. The second-order valence-corrected chi connectivity index (χ2v) is 8.75. The van der Waals surface area contributed by atoms with E-state index < -0.39 is 0 Å². The van der Waals surface area contributed by atoms with E-state index in [0.717, 1.165) is 26.6 Å². The van der Waals surface area contributed by atoms with E-state index in [2.05, 4.69) is 5.32 Å². The Bertz CT molecular complexity index is 1310. The molecule has 158 valence electrons. The molecule has 4 aromatic rings. The second-order valence-electron chi connectivity index (χ2n) is 7.70. The molecule has 1 aliphatic heterocycles. The number of hydrogen-bond acceptors (Lipinski definition) is 4. The van der Waals surface area contributed by atoms with Crippen molar-refractivity contribution in [1.29, 1.82) is 0 Å². The lowest BCUT2D eigenvalue weighted by atomic mass is 10.0. The van der Waals surface area contributed by atoms with Crippen molar-refractivity contribution in [3.63, 3.8) is 0 Å². The number of ether oxygens (including phenoxy) is 1. The minimum absolute atomic E-state index is 0.00821. The number of thiophene rings is 1. The summed E-state index contributed by atoms with van der Waals surface area (Å²) in [6, 6.07) is 15.9. The van der Waals surface area contributed by atoms with Gasteiger partial charge in [0.25, 0.3) is 11.8 Å². The van der Waals surface area contributed by atoms with E-state index >= 15 is 0 Å². The van der Waals surface area contributed by atoms with Gasteiger partial charge in [0.05, 0.1) is 23.6 Å². The van der Waals surface area contributed by atoms with Crippen LogP contribution in [0.2, 0.25) is 0 Å². The van der Waals surface area contributed by atoms with Crippen LogP contribution in [0.5, 0.6) is 0 Å². The molecular formula is C24H23N3O3S. The third-order valence-corrected chi connectivity index (χ3v) is 7.06. The number of nitrogens with zero attached hydrogens (tertiary/aromatic N) is 2. The van der Waals surface area contributed by atoms with Crippen LogP contribution >= 0.6 is 11.3 Å². The molecule has 7 heteroatoms. The molecule has 1 N–H and O–H groups in total. The lowest BCUT2D eigenvalue weighted by molar-refractivity contribution is -0.0221. The molecule has 1 atom stereocenters. The van der Waals surface area contributed by atoms with Crippen molar-refractivity contribution in [3.05, 3.63) is 70.7 Å². The number of rotatable bonds is 3. The monoisotopic (exact) mass is 433 g/mol. The number of carbonyl (C=O) groups excluding carboxylic acids is 2. The van der Waals surface area contributed by atoms with E-state index in [1.165, 1.54) is 11.3 Å². The quantitative estimate of drug-likeness (QED) is 0.532. The number of hydrogen-bond donors (Lipinski definition) is 1. The van der Waals surface area contributed by atoms with Crippen molar-refractivity contribution < 1.29 is 14.3 Å². The van der Waals surface area contributed by atoms with Gasteiger partial charge in [-0.2, -0.15) is 0 Å². The molecule has 0 spiro atoms. The summed E-state index contributed by atoms with van der Waals surface area (Å²) in [5, 5.41) is 4.70. The number of carbonyl (C=O) groups is 2. The molecule has 6 nitrogen and oxygen atoms in total. The molecule has 1 fully saturated rings. The largest absolute Gasteiger partial charge is 0.370 e. The number of aromatic nitrogens is 1. The van der Waals surface area contributed by atoms with Gasteiger partial charge in [-0.1, -0.05) is 36.4 Å². The Balaban J connectivity index is 1.51. The first-order valence-corrected chi connectivity index (χ1v) is 11.1. The van der Waals surface area contributed by atoms with Crippen molar-refractivity contribution in [2.24, 2.45) is 7.05 Å². The van der Waals surface area contributed by atoms with Crippen molar-refractivity contribution in [3.8, 4) is 0 Å². The van der Waals surface area contributed by atoms with Gasteiger partial charge >= 0.3 is 0 Å². The average molecular weight is 434 g/mol. The molecule has 3 heterocycles. The lowest BCUT2D eigenvalue weighted by Gasteiger charge is -2.33. The van der Waals surface area contributed by atoms with Gasteiger partial charge in [0.1, 0.15) is 6.10 Å². The second kappa shape index (κ2) is 7.83. The van der Waals surface area contributed by atoms with Crippen LogP contribution in [0.15, 0.2) is 54.7 Å². The summed E-state index contributed by atoms with van der Waals surface area (Å²) in [5.74, 6) is -0.136. The summed E-state index contributed by atoms with van der Waals surface area (Å²) in [7, 11) is 3.59. The van der Waals surface area contributed by atoms with Crippen LogP contribution in [0.1, 0.15) is 31.7 Å². The number of amides is 2. The summed E-state index contributed by atoms with van der Waals surface area (Å²) < 4.78 is 9.12. The fourth-order valence-electron chi connectivity index (χ4n) is 4.36. The SMILES string of the molecule is CNC(=O)c1sc2ccccc2c1[C@@H]1CN(C(=O)c2cn(C)c3ccccc23)CCO1. The summed E-state index contributed by atoms with van der Waals surface area (Å²) in [6.45, 7) is 1.36. The van der Waals surface area contributed by atoms with Crippen LogP contribution in [0, 0.1) is 0 Å². The van der Waals surface area contributed by atoms with Crippen LogP contribution in [0.4, 0.5) is 0 Å². The third-order valence-electron chi connectivity index (χ3n) is 5.87. The minimum atomic E-state index is -0.351. The van der Waals surface area contributed by atoms with Crippen LogP contribution in [-0.4, -0.2) is 48.0 Å². The zero-order valence-corrected chi connectivity index (χ0v) is 18.2. The fraction of sp³-hybridized carbons (Fsp3) is 0.250. The Morgan fingerprint density at radius 2 is 1.84 bits per heavy atom. The van der Waals surface area contributed by atoms with Crippen molar-refractivity contribution in [2.45, 2.75) is 6.10 Å². The summed E-state index contributed by atoms with van der Waals surface area (Å²) in [5.41, 5.74) is 2.59. The van der Waals surface area contributed by atoms with Gasteiger partial charge in [0, 0.05) is 48.0 Å². The van der Waals surface area contributed by atoms with E-state index in [4.69, 9.17) is 4.74 Å². The Labute approximate surface area is 184 Å². The number of fused-ring (bicyclic) bond motifs is 2. The van der Waals surface area contributed by atoms with Gasteiger partial charge in [-0.25, -0.2) is 0 Å². The Morgan fingerprint density at radius 1 is 1.10 bits per heavy atom. The lowest BCUT2D eigenvalue weighted by Crippen LogP contribution is -2.42. The topological polar surface area (TPSA) is 63.6 Å². The van der Waals surface area contributed by atoms with E-state index in [1.807, 2.05) is 71.2 Å². The minimum Gasteiger partial charge on any atom is -0.370 e.